The predicted molar refractivity (Wildman–Crippen MR) is 260 cm³/mol. The van der Waals surface area contributed by atoms with Crippen LogP contribution in [0.1, 0.15) is 194 Å². The number of benzene rings is 1. The molecule has 0 spiro atoms. The quantitative estimate of drug-likeness (QED) is 0.0627. The van der Waals surface area contributed by atoms with E-state index in [1.807, 2.05) is 18.2 Å². The minimum Gasteiger partial charge on any atom is -0.398 e. The van der Waals surface area contributed by atoms with Crippen molar-refractivity contribution in [2.24, 2.45) is 4.99 Å². The summed E-state index contributed by atoms with van der Waals surface area (Å²) in [5.74, 6) is 2.49. The molecule has 3 aromatic heterocycles. The monoisotopic (exact) mass is 861 g/mol. The average Bonchev–Trinajstić information content (AvgIpc) is 3.96. The molecule has 7 rings (SSSR count). The lowest BCUT2D eigenvalue weighted by atomic mass is 9.86. The number of nitrogens with two attached hydrogens (primary N) is 1. The Morgan fingerprint density at radius 3 is 1.89 bits per heavy atom. The number of rotatable bonds is 16. The molecule has 5 N–H and O–H groups in total. The van der Waals surface area contributed by atoms with Crippen LogP contribution in [0.2, 0.25) is 0 Å². The lowest BCUT2D eigenvalue weighted by molar-refractivity contribution is 0.0968. The van der Waals surface area contributed by atoms with E-state index in [1.165, 1.54) is 11.1 Å². The van der Waals surface area contributed by atoms with E-state index in [0.29, 0.717) is 28.9 Å². The topological polar surface area (TPSA) is 189 Å². The van der Waals surface area contributed by atoms with Gasteiger partial charge in [0, 0.05) is 51.5 Å². The molecule has 0 saturated carbocycles. The summed E-state index contributed by atoms with van der Waals surface area (Å²) in [4.78, 5) is 62.7. The zero-order valence-corrected chi connectivity index (χ0v) is 39.2. The molecule has 8 bridgehead atoms. The highest BCUT2D eigenvalue weighted by atomic mass is 16.1. The number of allylic oxidation sites excluding steroid dienone is 4. The van der Waals surface area contributed by atoms with Gasteiger partial charge in [-0.15, -0.1) is 0 Å². The number of aryl methyl sites for hydroxylation is 2. The smallest absolute Gasteiger partial charge is 0.274 e. The number of H-pyrrole nitrogens is 2. The second-order valence-electron chi connectivity index (χ2n) is 17.7. The summed E-state index contributed by atoms with van der Waals surface area (Å²) in [6.07, 6.45) is 13.6. The Morgan fingerprint density at radius 1 is 0.672 bits per heavy atom. The van der Waals surface area contributed by atoms with Crippen LogP contribution in [-0.2, 0) is 18.3 Å². The highest BCUT2D eigenvalue weighted by molar-refractivity contribution is 6.05. The van der Waals surface area contributed by atoms with Crippen LogP contribution in [0.3, 0.4) is 0 Å². The molecule has 0 saturated heterocycles. The fourth-order valence-electron chi connectivity index (χ4n) is 8.48. The number of anilines is 1. The standard InChI is InChI=1S/C51H64N12O/c1-10-18-32-33(19-11-2)43-56-42(32)57-44-34(20-12-3)36(22-14-5)46(59-44)61-48-40(54-29-30-28-31(51(7,8)9)25-26-38(30)52)41(55-50(64)39-24-16-17-27-53-39)49(63-48)62-47-37(23-15-6)35(21-13-4)45(58-43)60-47/h16-17,24-29H,10-15,18-23,52H2,1-9H3,(H,55,64)(H2,56,57,58,59,60,61,62,63). The van der Waals surface area contributed by atoms with E-state index in [2.05, 4.69) is 82.6 Å². The van der Waals surface area contributed by atoms with Crippen LogP contribution in [0, 0.1) is 0 Å². The van der Waals surface area contributed by atoms with Gasteiger partial charge in [0.05, 0.1) is 0 Å². The molecule has 6 heterocycles. The van der Waals surface area contributed by atoms with E-state index in [0.717, 1.165) is 128 Å². The molecule has 13 heteroatoms. The molecule has 0 fully saturated rings. The lowest BCUT2D eigenvalue weighted by Crippen LogP contribution is -2.23. The number of aliphatic imine (C=N–C) groups is 1. The van der Waals surface area contributed by atoms with E-state index < -0.39 is 5.91 Å². The molecule has 13 nitrogen and oxygen atoms in total. The SMILES string of the molecule is CCCC1=C(CCC)c2nc1nc1nc(nc3nc([nH]c4[nH]c(n2)c(CCC)c4CCC)C(CCC)=C3CCC)C(NC(=O)c2ccccn2)=C1N=Cc1cc(C(C)(C)C)ccc1N. The van der Waals surface area contributed by atoms with Gasteiger partial charge >= 0.3 is 0 Å². The van der Waals surface area contributed by atoms with Crippen molar-refractivity contribution in [3.63, 3.8) is 0 Å². The highest BCUT2D eigenvalue weighted by Crippen LogP contribution is 2.38. The van der Waals surface area contributed by atoms with Gasteiger partial charge in [0.1, 0.15) is 34.2 Å². The number of fused-ring (bicyclic) bond motifs is 8. The fourth-order valence-corrected chi connectivity index (χ4v) is 8.48. The molecule has 3 aliphatic heterocycles. The number of carbonyl (C=O) groups is 1. The number of aromatic nitrogens is 9. The Bertz CT molecular complexity index is 2730. The van der Waals surface area contributed by atoms with Crippen LogP contribution in [0.5, 0.6) is 0 Å². The van der Waals surface area contributed by atoms with Crippen molar-refractivity contribution in [1.29, 1.82) is 0 Å². The van der Waals surface area contributed by atoms with Gasteiger partial charge < -0.3 is 21.0 Å². The van der Waals surface area contributed by atoms with Crippen LogP contribution >= 0.6 is 0 Å². The average molecular weight is 861 g/mol. The Balaban J connectivity index is 1.63. The number of carbonyl (C=O) groups excluding carboxylic acids is 1. The minimum atomic E-state index is -0.441. The predicted octanol–water partition coefficient (Wildman–Crippen LogP) is 11.2. The number of amides is 1. The Hall–Kier alpha value is -6.37. The highest BCUT2D eigenvalue weighted by Gasteiger charge is 2.30. The van der Waals surface area contributed by atoms with Crippen LogP contribution in [0.25, 0.3) is 45.0 Å². The van der Waals surface area contributed by atoms with Gasteiger partial charge in [0.15, 0.2) is 29.1 Å². The van der Waals surface area contributed by atoms with Gasteiger partial charge in [-0.05, 0) is 79.3 Å². The van der Waals surface area contributed by atoms with E-state index in [9.17, 15) is 4.79 Å². The zero-order valence-electron chi connectivity index (χ0n) is 39.2. The fraction of sp³-hybridized carbons (Fsp3) is 0.431. The maximum atomic E-state index is 14.1. The number of nitrogens with zero attached hydrogens (tertiary/aromatic N) is 8. The first-order chi connectivity index (χ1) is 30.9. The van der Waals surface area contributed by atoms with Crippen molar-refractivity contribution < 1.29 is 4.79 Å². The number of nitrogen functional groups attached to an aromatic ring is 1. The van der Waals surface area contributed by atoms with E-state index in [4.69, 9.17) is 40.6 Å². The molecule has 0 unspecified atom stereocenters. The van der Waals surface area contributed by atoms with Crippen LogP contribution in [-0.4, -0.2) is 57.0 Å². The van der Waals surface area contributed by atoms with Gasteiger partial charge in [-0.3, -0.25) is 9.78 Å². The summed E-state index contributed by atoms with van der Waals surface area (Å²) in [5, 5.41) is 3.12. The molecule has 0 aliphatic carbocycles. The maximum absolute atomic E-state index is 14.1. The third-order valence-corrected chi connectivity index (χ3v) is 11.6. The third-order valence-electron chi connectivity index (χ3n) is 11.6. The second kappa shape index (κ2) is 20.0. The van der Waals surface area contributed by atoms with E-state index in [1.54, 1.807) is 30.6 Å². The van der Waals surface area contributed by atoms with Crippen molar-refractivity contribution >= 4 is 62.8 Å². The van der Waals surface area contributed by atoms with E-state index >= 15 is 0 Å². The molecular formula is C51H64N12O. The summed E-state index contributed by atoms with van der Waals surface area (Å²) >= 11 is 0. The Morgan fingerprint density at radius 2 is 1.25 bits per heavy atom. The first-order valence-corrected chi connectivity index (χ1v) is 23.3. The second-order valence-corrected chi connectivity index (χ2v) is 17.7. The molecule has 334 valence electrons. The normalized spacial score (nSPS) is 13.7. The van der Waals surface area contributed by atoms with Crippen molar-refractivity contribution in [3.05, 3.63) is 105 Å². The molecule has 1 amide bonds. The number of hydrogen-bond donors (Lipinski definition) is 4. The molecule has 3 aliphatic rings. The molecule has 1 aromatic carbocycles. The Kier molecular flexibility index (Phi) is 14.3. The van der Waals surface area contributed by atoms with Crippen LogP contribution in [0.4, 0.5) is 5.69 Å². The van der Waals surface area contributed by atoms with E-state index in [-0.39, 0.29) is 28.5 Å². The summed E-state index contributed by atoms with van der Waals surface area (Å²) in [5.41, 5.74) is 18.0. The van der Waals surface area contributed by atoms with Crippen molar-refractivity contribution in [3.8, 4) is 0 Å². The van der Waals surface area contributed by atoms with Gasteiger partial charge in [-0.25, -0.2) is 34.9 Å². The zero-order chi connectivity index (χ0) is 45.5. The van der Waals surface area contributed by atoms with Crippen molar-refractivity contribution in [2.75, 3.05) is 5.73 Å². The molecule has 0 radical (unpaired) electrons. The molecule has 0 atom stereocenters. The summed E-state index contributed by atoms with van der Waals surface area (Å²) in [6, 6.07) is 11.2. The number of nitrogens with one attached hydrogen (secondary N) is 3. The third kappa shape index (κ3) is 9.58. The first kappa shape index (κ1) is 45.6. The number of hydrogen-bond acceptors (Lipinski definition) is 10. The van der Waals surface area contributed by atoms with Gasteiger partial charge in [0.2, 0.25) is 0 Å². The van der Waals surface area contributed by atoms with Crippen LogP contribution in [0.15, 0.2) is 47.6 Å². The van der Waals surface area contributed by atoms with Gasteiger partial charge in [-0.2, -0.15) is 0 Å². The number of pyridine rings is 1. The maximum Gasteiger partial charge on any atom is 0.274 e. The van der Waals surface area contributed by atoms with Crippen molar-refractivity contribution in [2.45, 2.75) is 145 Å². The first-order valence-electron chi connectivity index (χ1n) is 23.3. The largest absolute Gasteiger partial charge is 0.398 e. The van der Waals surface area contributed by atoms with Gasteiger partial charge in [0.25, 0.3) is 5.91 Å². The molecular weight excluding hydrogens is 797 g/mol. The lowest BCUT2D eigenvalue weighted by Gasteiger charge is -2.19. The number of aromatic amines is 2. The van der Waals surface area contributed by atoms with Gasteiger partial charge in [-0.1, -0.05) is 113 Å². The van der Waals surface area contributed by atoms with Crippen LogP contribution < -0.4 is 11.1 Å². The van der Waals surface area contributed by atoms with Crippen molar-refractivity contribution in [1.82, 2.24) is 50.2 Å². The summed E-state index contributed by atoms with van der Waals surface area (Å²) in [6.45, 7) is 19.6. The summed E-state index contributed by atoms with van der Waals surface area (Å²) < 4.78 is 0. The molecule has 64 heavy (non-hydrogen) atoms. The Labute approximate surface area is 377 Å². The molecule has 4 aromatic rings. The minimum absolute atomic E-state index is 0.129. The summed E-state index contributed by atoms with van der Waals surface area (Å²) in [7, 11) is 0.